The molecular weight excluding hydrogens is 300 g/mol. The van der Waals surface area contributed by atoms with Crippen LogP contribution in [-0.4, -0.2) is 11.4 Å². The summed E-state index contributed by atoms with van der Waals surface area (Å²) in [6.07, 6.45) is 0. The summed E-state index contributed by atoms with van der Waals surface area (Å²) in [5.74, 6) is 0. The van der Waals surface area contributed by atoms with E-state index in [2.05, 4.69) is 69.4 Å². The molecule has 2 aromatic carbocycles. The molecule has 0 saturated heterocycles. The Balaban J connectivity index is 1.86. The van der Waals surface area contributed by atoms with E-state index in [1.54, 1.807) is 0 Å². The van der Waals surface area contributed by atoms with Crippen molar-refractivity contribution in [2.45, 2.75) is 19.1 Å². The van der Waals surface area contributed by atoms with E-state index in [4.69, 9.17) is 5.73 Å². The molecule has 0 fully saturated rings. The predicted molar refractivity (Wildman–Crippen MR) is 81.6 cm³/mol. The molecule has 1 heterocycles. The summed E-state index contributed by atoms with van der Waals surface area (Å²) in [5, 5.41) is 0. The number of hydrogen-bond acceptors (Lipinski definition) is 2. The lowest BCUT2D eigenvalue weighted by Crippen LogP contribution is -2.29. The van der Waals surface area contributed by atoms with Crippen molar-refractivity contribution < 1.29 is 0 Å². The largest absolute Gasteiger partial charge is 0.329 e. The Morgan fingerprint density at radius 3 is 2.32 bits per heavy atom. The maximum Gasteiger partial charge on any atom is 0.0477 e. The van der Waals surface area contributed by atoms with Crippen molar-refractivity contribution in [1.82, 2.24) is 4.90 Å². The highest BCUT2D eigenvalue weighted by atomic mass is 79.9. The fourth-order valence-electron chi connectivity index (χ4n) is 2.79. The van der Waals surface area contributed by atoms with Gasteiger partial charge in [-0.05, 0) is 28.8 Å². The van der Waals surface area contributed by atoms with Crippen molar-refractivity contribution in [2.75, 3.05) is 6.54 Å². The van der Waals surface area contributed by atoms with Crippen LogP contribution in [-0.2, 0) is 13.1 Å². The fourth-order valence-corrected chi connectivity index (χ4v) is 3.21. The second-order valence-electron chi connectivity index (χ2n) is 4.98. The molecule has 0 spiro atoms. The molecule has 3 rings (SSSR count). The van der Waals surface area contributed by atoms with Crippen LogP contribution in [0.1, 0.15) is 22.7 Å². The third-order valence-corrected chi connectivity index (χ3v) is 4.26. The van der Waals surface area contributed by atoms with Crippen LogP contribution in [0.3, 0.4) is 0 Å². The van der Waals surface area contributed by atoms with Crippen molar-refractivity contribution in [3.05, 3.63) is 69.7 Å². The van der Waals surface area contributed by atoms with Gasteiger partial charge in [0.1, 0.15) is 0 Å². The van der Waals surface area contributed by atoms with Crippen LogP contribution >= 0.6 is 15.9 Å². The van der Waals surface area contributed by atoms with Gasteiger partial charge < -0.3 is 5.73 Å². The van der Waals surface area contributed by atoms with Gasteiger partial charge in [0.15, 0.2) is 0 Å². The Hall–Kier alpha value is -1.16. The number of rotatable bonds is 3. The third kappa shape index (κ3) is 2.59. The molecule has 98 valence electrons. The van der Waals surface area contributed by atoms with Crippen molar-refractivity contribution in [2.24, 2.45) is 5.73 Å². The fraction of sp³-hybridized carbons (Fsp3) is 0.250. The highest BCUT2D eigenvalue weighted by Gasteiger charge is 2.25. The first kappa shape index (κ1) is 12.9. The third-order valence-electron chi connectivity index (χ3n) is 3.76. The van der Waals surface area contributed by atoms with E-state index in [1.165, 1.54) is 16.7 Å². The van der Waals surface area contributed by atoms with Gasteiger partial charge in [0.2, 0.25) is 0 Å². The van der Waals surface area contributed by atoms with Gasteiger partial charge >= 0.3 is 0 Å². The molecule has 0 aliphatic carbocycles. The molecule has 1 atom stereocenters. The van der Waals surface area contributed by atoms with Crippen LogP contribution in [0.15, 0.2) is 53.0 Å². The van der Waals surface area contributed by atoms with Crippen LogP contribution in [0, 0.1) is 0 Å². The number of halogens is 1. The minimum absolute atomic E-state index is 0.282. The number of hydrogen-bond donors (Lipinski definition) is 1. The monoisotopic (exact) mass is 316 g/mol. The minimum Gasteiger partial charge on any atom is -0.329 e. The molecule has 2 N–H and O–H groups in total. The Morgan fingerprint density at radius 2 is 1.74 bits per heavy atom. The van der Waals surface area contributed by atoms with Gasteiger partial charge in [-0.15, -0.1) is 0 Å². The van der Waals surface area contributed by atoms with E-state index < -0.39 is 0 Å². The molecule has 0 amide bonds. The van der Waals surface area contributed by atoms with Gasteiger partial charge in [0.25, 0.3) is 0 Å². The molecule has 19 heavy (non-hydrogen) atoms. The van der Waals surface area contributed by atoms with Gasteiger partial charge in [0.05, 0.1) is 0 Å². The lowest BCUT2D eigenvalue weighted by molar-refractivity contribution is 0.205. The summed E-state index contributed by atoms with van der Waals surface area (Å²) in [5.41, 5.74) is 10.1. The molecule has 2 aromatic rings. The first-order chi connectivity index (χ1) is 9.28. The molecule has 0 aromatic heterocycles. The van der Waals surface area contributed by atoms with Gasteiger partial charge in [-0.25, -0.2) is 0 Å². The second kappa shape index (κ2) is 5.45. The zero-order valence-corrected chi connectivity index (χ0v) is 12.3. The van der Waals surface area contributed by atoms with Crippen molar-refractivity contribution in [3.8, 4) is 0 Å². The molecule has 3 heteroatoms. The summed E-state index contributed by atoms with van der Waals surface area (Å²) < 4.78 is 1.11. The summed E-state index contributed by atoms with van der Waals surface area (Å²) in [7, 11) is 0. The highest BCUT2D eigenvalue weighted by Crippen LogP contribution is 2.31. The molecule has 1 aliphatic rings. The van der Waals surface area contributed by atoms with E-state index in [0.717, 1.165) is 17.6 Å². The second-order valence-corrected chi connectivity index (χ2v) is 5.90. The number of fused-ring (bicyclic) bond motifs is 1. The lowest BCUT2D eigenvalue weighted by atomic mass is 10.1. The van der Waals surface area contributed by atoms with Crippen LogP contribution in [0.25, 0.3) is 0 Å². The first-order valence-electron chi connectivity index (χ1n) is 6.54. The standard InChI is InChI=1S/C16H17BrN2/c17-15-7-3-6-12(8-15)16(9-18)19-10-13-4-1-2-5-14(13)11-19/h1-8,16H,9-11,18H2. The van der Waals surface area contributed by atoms with Crippen LogP contribution < -0.4 is 5.73 Å². The van der Waals surface area contributed by atoms with Crippen molar-refractivity contribution in [3.63, 3.8) is 0 Å². The summed E-state index contributed by atoms with van der Waals surface area (Å²) in [4.78, 5) is 2.45. The number of nitrogens with two attached hydrogens (primary N) is 1. The van der Waals surface area contributed by atoms with Crippen LogP contribution in [0.2, 0.25) is 0 Å². The summed E-state index contributed by atoms with van der Waals surface area (Å²) >= 11 is 3.54. The Morgan fingerprint density at radius 1 is 1.05 bits per heavy atom. The SMILES string of the molecule is NCC(c1cccc(Br)c1)N1Cc2ccccc2C1. The molecular formula is C16H17BrN2. The van der Waals surface area contributed by atoms with Crippen molar-refractivity contribution in [1.29, 1.82) is 0 Å². The first-order valence-corrected chi connectivity index (χ1v) is 7.33. The van der Waals surface area contributed by atoms with E-state index in [0.29, 0.717) is 6.54 Å². The minimum atomic E-state index is 0.282. The van der Waals surface area contributed by atoms with Gasteiger partial charge in [-0.1, -0.05) is 52.3 Å². The normalized spacial score (nSPS) is 16.3. The molecule has 0 radical (unpaired) electrons. The molecule has 0 bridgehead atoms. The van der Waals surface area contributed by atoms with Gasteiger partial charge in [-0.3, -0.25) is 4.90 Å². The highest BCUT2D eigenvalue weighted by molar-refractivity contribution is 9.10. The molecule has 1 aliphatic heterocycles. The summed E-state index contributed by atoms with van der Waals surface area (Å²) in [6, 6.07) is 17.4. The zero-order valence-electron chi connectivity index (χ0n) is 10.7. The molecule has 2 nitrogen and oxygen atoms in total. The average Bonchev–Trinajstić information content (AvgIpc) is 2.83. The van der Waals surface area contributed by atoms with E-state index in [1.807, 2.05) is 0 Å². The summed E-state index contributed by atoms with van der Waals surface area (Å²) in [6.45, 7) is 2.62. The quantitative estimate of drug-likeness (QED) is 0.939. The Labute approximate surface area is 122 Å². The van der Waals surface area contributed by atoms with E-state index in [-0.39, 0.29) is 6.04 Å². The van der Waals surface area contributed by atoms with E-state index >= 15 is 0 Å². The average molecular weight is 317 g/mol. The Bertz CT molecular complexity index is 557. The van der Waals surface area contributed by atoms with Crippen LogP contribution in [0.4, 0.5) is 0 Å². The maximum atomic E-state index is 6.01. The van der Waals surface area contributed by atoms with Crippen molar-refractivity contribution >= 4 is 15.9 Å². The predicted octanol–water partition coefficient (Wildman–Crippen LogP) is 3.46. The molecule has 1 unspecified atom stereocenters. The number of nitrogens with zero attached hydrogens (tertiary/aromatic N) is 1. The lowest BCUT2D eigenvalue weighted by Gasteiger charge is -2.26. The number of benzene rings is 2. The molecule has 0 saturated carbocycles. The Kier molecular flexibility index (Phi) is 3.69. The topological polar surface area (TPSA) is 29.3 Å². The van der Waals surface area contributed by atoms with Gasteiger partial charge in [0, 0.05) is 30.1 Å². The van der Waals surface area contributed by atoms with Gasteiger partial charge in [-0.2, -0.15) is 0 Å². The van der Waals surface area contributed by atoms with Crippen LogP contribution in [0.5, 0.6) is 0 Å². The van der Waals surface area contributed by atoms with E-state index in [9.17, 15) is 0 Å². The maximum absolute atomic E-state index is 6.01. The zero-order chi connectivity index (χ0) is 13.2. The smallest absolute Gasteiger partial charge is 0.0477 e.